The molecule has 0 aliphatic carbocycles. The molecule has 0 saturated heterocycles. The molecule has 0 bridgehead atoms. The highest BCUT2D eigenvalue weighted by Gasteiger charge is 2.06. The Hall–Kier alpha value is -1.26. The molecule has 4 heteroatoms. The molecule has 0 amide bonds. The fraction of sp³-hybridized carbons (Fsp3) is 0.600. The van der Waals surface area contributed by atoms with E-state index in [1.54, 1.807) is 0 Å². The van der Waals surface area contributed by atoms with Crippen LogP contribution >= 0.6 is 0 Å². The van der Waals surface area contributed by atoms with E-state index in [2.05, 4.69) is 19.2 Å². The Morgan fingerprint density at radius 2 is 1.89 bits per heavy atom. The van der Waals surface area contributed by atoms with Crippen molar-refractivity contribution in [1.29, 1.82) is 0 Å². The summed E-state index contributed by atoms with van der Waals surface area (Å²) in [6.45, 7) is 5.23. The molecule has 2 N–H and O–H groups in total. The molecule has 1 aromatic carbocycles. The summed E-state index contributed by atoms with van der Waals surface area (Å²) in [4.78, 5) is 1.94. The molecule has 108 valence electrons. The van der Waals surface area contributed by atoms with Crippen LogP contribution in [0.5, 0.6) is 5.75 Å². The van der Waals surface area contributed by atoms with Gasteiger partial charge in [0.2, 0.25) is 0 Å². The second-order valence-corrected chi connectivity index (χ2v) is 5.21. The van der Waals surface area contributed by atoms with Crippen molar-refractivity contribution in [2.75, 3.05) is 32.6 Å². The molecular weight excluding hydrogens is 240 g/mol. The molecule has 0 spiro atoms. The Balaban J connectivity index is 2.39. The van der Waals surface area contributed by atoms with Crippen LogP contribution in [0.25, 0.3) is 0 Å². The molecule has 4 nitrogen and oxygen atoms in total. The highest BCUT2D eigenvalue weighted by atomic mass is 16.5. The average Bonchev–Trinajstić information content (AvgIpc) is 2.37. The number of rotatable bonds is 8. The van der Waals surface area contributed by atoms with Crippen molar-refractivity contribution in [1.82, 2.24) is 4.90 Å². The van der Waals surface area contributed by atoms with E-state index in [1.165, 1.54) is 0 Å². The number of ether oxygens (including phenoxy) is 1. The third kappa shape index (κ3) is 6.45. The lowest BCUT2D eigenvalue weighted by molar-refractivity contribution is 0.0831. The molecule has 0 aromatic heterocycles. The van der Waals surface area contributed by atoms with E-state index < -0.39 is 6.10 Å². The summed E-state index contributed by atoms with van der Waals surface area (Å²) in [5.41, 5.74) is 1.09. The van der Waals surface area contributed by atoms with Gasteiger partial charge in [0, 0.05) is 18.3 Å². The number of aliphatic hydroxyl groups excluding tert-OH is 1. The van der Waals surface area contributed by atoms with Gasteiger partial charge in [-0.05, 0) is 51.7 Å². The Morgan fingerprint density at radius 3 is 2.42 bits per heavy atom. The van der Waals surface area contributed by atoms with Crippen LogP contribution in [0, 0.1) is 0 Å². The second-order valence-electron chi connectivity index (χ2n) is 5.21. The predicted molar refractivity (Wildman–Crippen MR) is 79.9 cm³/mol. The topological polar surface area (TPSA) is 44.7 Å². The lowest BCUT2D eigenvalue weighted by Crippen LogP contribution is -2.30. The van der Waals surface area contributed by atoms with Gasteiger partial charge in [0.05, 0.1) is 0 Å². The van der Waals surface area contributed by atoms with Crippen molar-refractivity contribution in [2.24, 2.45) is 0 Å². The number of hydrogen-bond donors (Lipinski definition) is 2. The van der Waals surface area contributed by atoms with Gasteiger partial charge in [-0.25, -0.2) is 0 Å². The first-order chi connectivity index (χ1) is 9.01. The molecule has 0 aliphatic rings. The molecule has 2 unspecified atom stereocenters. The van der Waals surface area contributed by atoms with Gasteiger partial charge in [-0.15, -0.1) is 0 Å². The van der Waals surface area contributed by atoms with Gasteiger partial charge in [0.1, 0.15) is 18.5 Å². The standard InChI is InChI=1S/C15H26N2O2/c1-5-12(2)16-13-6-8-15(9-7-13)19-11-14(18)10-17(3)4/h6-9,12,14,16,18H,5,10-11H2,1-4H3. The third-order valence-electron chi connectivity index (χ3n) is 2.90. The van der Waals surface area contributed by atoms with Crippen LogP contribution < -0.4 is 10.1 Å². The second kappa shape index (κ2) is 8.02. The smallest absolute Gasteiger partial charge is 0.119 e. The lowest BCUT2D eigenvalue weighted by atomic mass is 10.2. The minimum absolute atomic E-state index is 0.316. The van der Waals surface area contributed by atoms with Crippen molar-refractivity contribution in [3.8, 4) is 5.75 Å². The molecule has 19 heavy (non-hydrogen) atoms. The maximum Gasteiger partial charge on any atom is 0.119 e. The molecule has 1 aromatic rings. The molecule has 0 aliphatic heterocycles. The maximum absolute atomic E-state index is 9.71. The zero-order valence-corrected chi connectivity index (χ0v) is 12.4. The van der Waals surface area contributed by atoms with Crippen LogP contribution in [0.2, 0.25) is 0 Å². The molecule has 0 saturated carbocycles. The van der Waals surface area contributed by atoms with Gasteiger partial charge in [-0.2, -0.15) is 0 Å². The zero-order valence-electron chi connectivity index (χ0n) is 12.4. The quantitative estimate of drug-likeness (QED) is 0.757. The summed E-state index contributed by atoms with van der Waals surface area (Å²) in [5, 5.41) is 13.1. The minimum Gasteiger partial charge on any atom is -0.491 e. The number of anilines is 1. The Morgan fingerprint density at radius 1 is 1.26 bits per heavy atom. The first-order valence-electron chi connectivity index (χ1n) is 6.83. The van der Waals surface area contributed by atoms with Gasteiger partial charge >= 0.3 is 0 Å². The maximum atomic E-state index is 9.71. The molecule has 0 heterocycles. The van der Waals surface area contributed by atoms with E-state index in [1.807, 2.05) is 43.3 Å². The first kappa shape index (κ1) is 15.8. The van der Waals surface area contributed by atoms with Gasteiger partial charge < -0.3 is 20.1 Å². The van der Waals surface area contributed by atoms with E-state index in [4.69, 9.17) is 4.74 Å². The summed E-state index contributed by atoms with van der Waals surface area (Å²) in [6, 6.07) is 8.31. The van der Waals surface area contributed by atoms with Crippen molar-refractivity contribution >= 4 is 5.69 Å². The number of nitrogens with zero attached hydrogens (tertiary/aromatic N) is 1. The lowest BCUT2D eigenvalue weighted by Gasteiger charge is -2.17. The van der Waals surface area contributed by atoms with Crippen LogP contribution in [0.15, 0.2) is 24.3 Å². The fourth-order valence-electron chi connectivity index (χ4n) is 1.70. The predicted octanol–water partition coefficient (Wildman–Crippen LogP) is 2.20. The normalized spacial score (nSPS) is 14.2. The fourth-order valence-corrected chi connectivity index (χ4v) is 1.70. The molecule has 0 radical (unpaired) electrons. The first-order valence-corrected chi connectivity index (χ1v) is 6.83. The monoisotopic (exact) mass is 266 g/mol. The third-order valence-corrected chi connectivity index (χ3v) is 2.90. The molecule has 2 atom stereocenters. The minimum atomic E-state index is -0.465. The van der Waals surface area contributed by atoms with Gasteiger partial charge in [0.15, 0.2) is 0 Å². The van der Waals surface area contributed by atoms with E-state index in [0.717, 1.165) is 17.9 Å². The van der Waals surface area contributed by atoms with Gasteiger partial charge in [-0.3, -0.25) is 0 Å². The van der Waals surface area contributed by atoms with Crippen LogP contribution in [0.3, 0.4) is 0 Å². The van der Waals surface area contributed by atoms with Crippen molar-refractivity contribution in [3.05, 3.63) is 24.3 Å². The zero-order chi connectivity index (χ0) is 14.3. The van der Waals surface area contributed by atoms with Crippen LogP contribution in [0.1, 0.15) is 20.3 Å². The number of hydrogen-bond acceptors (Lipinski definition) is 4. The van der Waals surface area contributed by atoms with E-state index in [0.29, 0.717) is 19.2 Å². The molecular formula is C15H26N2O2. The van der Waals surface area contributed by atoms with Crippen LogP contribution in [-0.4, -0.2) is 49.4 Å². The number of benzene rings is 1. The largest absolute Gasteiger partial charge is 0.491 e. The number of likely N-dealkylation sites (N-methyl/N-ethyl adjacent to an activating group) is 1. The molecule has 1 rings (SSSR count). The van der Waals surface area contributed by atoms with Gasteiger partial charge in [-0.1, -0.05) is 6.92 Å². The molecule has 0 fully saturated rings. The van der Waals surface area contributed by atoms with E-state index in [9.17, 15) is 5.11 Å². The van der Waals surface area contributed by atoms with Crippen molar-refractivity contribution < 1.29 is 9.84 Å². The highest BCUT2D eigenvalue weighted by Crippen LogP contribution is 2.17. The van der Waals surface area contributed by atoms with Crippen LogP contribution in [-0.2, 0) is 0 Å². The van der Waals surface area contributed by atoms with Crippen molar-refractivity contribution in [3.63, 3.8) is 0 Å². The highest BCUT2D eigenvalue weighted by molar-refractivity contribution is 5.46. The van der Waals surface area contributed by atoms with Crippen LogP contribution in [0.4, 0.5) is 5.69 Å². The summed E-state index contributed by atoms with van der Waals surface area (Å²) in [5.74, 6) is 0.785. The Labute approximate surface area is 116 Å². The van der Waals surface area contributed by atoms with Crippen molar-refractivity contribution in [2.45, 2.75) is 32.4 Å². The average molecular weight is 266 g/mol. The summed E-state index contributed by atoms with van der Waals surface area (Å²) in [7, 11) is 3.86. The van der Waals surface area contributed by atoms with Gasteiger partial charge in [0.25, 0.3) is 0 Å². The summed E-state index contributed by atoms with van der Waals surface area (Å²) in [6.07, 6.45) is 0.627. The SMILES string of the molecule is CCC(C)Nc1ccc(OCC(O)CN(C)C)cc1. The summed E-state index contributed by atoms with van der Waals surface area (Å²) < 4.78 is 5.55. The van der Waals surface area contributed by atoms with E-state index in [-0.39, 0.29) is 0 Å². The number of nitrogens with one attached hydrogen (secondary N) is 1. The van der Waals surface area contributed by atoms with E-state index >= 15 is 0 Å². The summed E-state index contributed by atoms with van der Waals surface area (Å²) >= 11 is 0. The Kier molecular flexibility index (Phi) is 6.67. The Bertz CT molecular complexity index is 352. The number of aliphatic hydroxyl groups is 1.